The largest absolute Gasteiger partial charge is 0.448 e. The number of amides is 2. The van der Waals surface area contributed by atoms with Crippen molar-refractivity contribution >= 4 is 28.9 Å². The van der Waals surface area contributed by atoms with Gasteiger partial charge < -0.3 is 29.7 Å². The summed E-state index contributed by atoms with van der Waals surface area (Å²) in [6.45, 7) is 4.41. The highest BCUT2D eigenvalue weighted by Crippen LogP contribution is 2.39. The standard InChI is InChI=1S/C28H33N5O6/c1-18-4-2-3-5-24(18)32-10-12-33(13-11-32)25-9-8-20(26(36)31-39-16-21(35)15-34)14-22(25)29-27(37)23-17-38-28(30-23)19-6-7-19/h2-5,8-9,14,17,19,21,34-35H,6-7,10-13,15-16H2,1H3,(H,29,37)(H,31,36)/t21-/m1/s1. The predicted molar refractivity (Wildman–Crippen MR) is 145 cm³/mol. The maximum atomic E-state index is 13.1. The van der Waals surface area contributed by atoms with E-state index in [9.17, 15) is 14.7 Å². The molecule has 11 nitrogen and oxygen atoms in total. The highest BCUT2D eigenvalue weighted by atomic mass is 16.7. The van der Waals surface area contributed by atoms with Crippen LogP contribution in [0.1, 0.15) is 51.1 Å². The molecule has 2 heterocycles. The smallest absolute Gasteiger partial charge is 0.277 e. The van der Waals surface area contributed by atoms with Crippen LogP contribution in [-0.4, -0.2) is 72.5 Å². The molecule has 0 radical (unpaired) electrons. The van der Waals surface area contributed by atoms with Crippen molar-refractivity contribution in [2.24, 2.45) is 0 Å². The fourth-order valence-corrected chi connectivity index (χ4v) is 4.57. The molecule has 1 aromatic heterocycles. The number of rotatable bonds is 10. The average Bonchev–Trinajstić information content (AvgIpc) is 3.69. The molecule has 3 aromatic rings. The summed E-state index contributed by atoms with van der Waals surface area (Å²) in [4.78, 5) is 39.7. The Morgan fingerprint density at radius 2 is 1.79 bits per heavy atom. The van der Waals surface area contributed by atoms with Gasteiger partial charge in [-0.05, 0) is 49.6 Å². The number of hydrogen-bond donors (Lipinski definition) is 4. The maximum Gasteiger partial charge on any atom is 0.277 e. The third-order valence-corrected chi connectivity index (χ3v) is 6.92. The molecule has 1 aliphatic carbocycles. The van der Waals surface area contributed by atoms with Crippen LogP contribution < -0.4 is 20.6 Å². The SMILES string of the molecule is Cc1ccccc1N1CCN(c2ccc(C(=O)NOC[C@H](O)CO)cc2NC(=O)c2coc(C3CC3)n2)CC1. The van der Waals surface area contributed by atoms with Crippen molar-refractivity contribution in [2.75, 3.05) is 54.5 Å². The van der Waals surface area contributed by atoms with E-state index in [1.807, 2.05) is 12.1 Å². The third-order valence-electron chi connectivity index (χ3n) is 6.92. The van der Waals surface area contributed by atoms with Crippen LogP contribution in [0, 0.1) is 6.92 Å². The number of piperazine rings is 1. The van der Waals surface area contributed by atoms with Gasteiger partial charge in [0, 0.05) is 43.3 Å². The average molecular weight is 536 g/mol. The summed E-state index contributed by atoms with van der Waals surface area (Å²) in [5, 5.41) is 21.3. The highest BCUT2D eigenvalue weighted by Gasteiger charge is 2.30. The highest BCUT2D eigenvalue weighted by molar-refractivity contribution is 6.06. The lowest BCUT2D eigenvalue weighted by molar-refractivity contribution is -0.0295. The molecule has 2 aliphatic rings. The number of para-hydroxylation sites is 1. The van der Waals surface area contributed by atoms with E-state index < -0.39 is 24.5 Å². The van der Waals surface area contributed by atoms with Gasteiger partial charge in [-0.1, -0.05) is 18.2 Å². The number of nitrogens with zero attached hydrogens (tertiary/aromatic N) is 3. The van der Waals surface area contributed by atoms with Gasteiger partial charge in [0.15, 0.2) is 11.6 Å². The molecule has 1 atom stereocenters. The lowest BCUT2D eigenvalue weighted by Gasteiger charge is -2.38. The lowest BCUT2D eigenvalue weighted by atomic mass is 10.1. The second-order valence-corrected chi connectivity index (χ2v) is 9.87. The summed E-state index contributed by atoms with van der Waals surface area (Å²) < 4.78 is 5.49. The number of anilines is 3. The molecular weight excluding hydrogens is 502 g/mol. The second kappa shape index (κ2) is 11.9. The molecule has 2 aromatic carbocycles. The second-order valence-electron chi connectivity index (χ2n) is 9.87. The Bertz CT molecular complexity index is 1320. The fraction of sp³-hybridized carbons (Fsp3) is 0.393. The van der Waals surface area contributed by atoms with Crippen LogP contribution in [0.15, 0.2) is 53.1 Å². The lowest BCUT2D eigenvalue weighted by Crippen LogP contribution is -2.47. The zero-order valence-electron chi connectivity index (χ0n) is 21.8. The van der Waals surface area contributed by atoms with Gasteiger partial charge in [0.1, 0.15) is 19.0 Å². The first-order chi connectivity index (χ1) is 18.9. The number of benzene rings is 2. The van der Waals surface area contributed by atoms with Crippen molar-refractivity contribution < 1.29 is 29.1 Å². The molecule has 0 bridgehead atoms. The quantitative estimate of drug-likeness (QED) is 0.288. The Labute approximate surface area is 226 Å². The molecule has 2 fully saturated rings. The number of hydrogen-bond acceptors (Lipinski definition) is 9. The Morgan fingerprint density at radius 3 is 2.49 bits per heavy atom. The topological polar surface area (TPSA) is 140 Å². The Morgan fingerprint density at radius 1 is 1.08 bits per heavy atom. The molecular formula is C28H33N5O6. The van der Waals surface area contributed by atoms with Crippen molar-refractivity contribution in [3.63, 3.8) is 0 Å². The summed E-state index contributed by atoms with van der Waals surface area (Å²) >= 11 is 0. The number of carbonyl (C=O) groups excluding carboxylic acids is 2. The molecule has 0 unspecified atom stereocenters. The number of carbonyl (C=O) groups is 2. The van der Waals surface area contributed by atoms with Gasteiger partial charge in [-0.3, -0.25) is 14.4 Å². The number of aromatic nitrogens is 1. The normalized spacial score (nSPS) is 16.2. The van der Waals surface area contributed by atoms with Gasteiger partial charge >= 0.3 is 0 Å². The van der Waals surface area contributed by atoms with Crippen LogP contribution in [0.3, 0.4) is 0 Å². The van der Waals surface area contributed by atoms with Crippen LogP contribution >= 0.6 is 0 Å². The fourth-order valence-electron chi connectivity index (χ4n) is 4.57. The Balaban J connectivity index is 1.33. The van der Waals surface area contributed by atoms with Gasteiger partial charge in [0.25, 0.3) is 11.8 Å². The van der Waals surface area contributed by atoms with E-state index in [1.165, 1.54) is 17.5 Å². The van der Waals surface area contributed by atoms with Gasteiger partial charge in [-0.15, -0.1) is 0 Å². The van der Waals surface area contributed by atoms with Crippen molar-refractivity contribution in [1.29, 1.82) is 0 Å². The molecule has 5 rings (SSSR count). The van der Waals surface area contributed by atoms with Gasteiger partial charge in [0.05, 0.1) is 18.0 Å². The maximum absolute atomic E-state index is 13.1. The van der Waals surface area contributed by atoms with E-state index in [1.54, 1.807) is 18.2 Å². The summed E-state index contributed by atoms with van der Waals surface area (Å²) in [6.07, 6.45) is 2.27. The van der Waals surface area contributed by atoms with E-state index >= 15 is 0 Å². The summed E-state index contributed by atoms with van der Waals surface area (Å²) in [5.41, 5.74) is 6.37. The van der Waals surface area contributed by atoms with Gasteiger partial charge in [-0.2, -0.15) is 0 Å². The number of nitrogens with one attached hydrogen (secondary N) is 2. The number of hydroxylamine groups is 1. The zero-order valence-corrected chi connectivity index (χ0v) is 21.8. The molecule has 4 N–H and O–H groups in total. The Kier molecular flexibility index (Phi) is 8.10. The number of aliphatic hydroxyl groups excluding tert-OH is 2. The van der Waals surface area contributed by atoms with E-state index in [2.05, 4.69) is 44.6 Å². The van der Waals surface area contributed by atoms with Crippen molar-refractivity contribution in [2.45, 2.75) is 31.8 Å². The first-order valence-electron chi connectivity index (χ1n) is 13.1. The molecule has 2 amide bonds. The summed E-state index contributed by atoms with van der Waals surface area (Å²) in [7, 11) is 0. The van der Waals surface area contributed by atoms with Crippen LogP contribution in [-0.2, 0) is 4.84 Å². The van der Waals surface area contributed by atoms with Crippen LogP contribution in [0.4, 0.5) is 17.1 Å². The minimum atomic E-state index is -1.11. The van der Waals surface area contributed by atoms with Gasteiger partial charge in [0.2, 0.25) is 0 Å². The first-order valence-corrected chi connectivity index (χ1v) is 13.1. The third kappa shape index (κ3) is 6.39. The van der Waals surface area contributed by atoms with E-state index in [0.29, 0.717) is 11.6 Å². The molecule has 0 spiro atoms. The Hall–Kier alpha value is -3.93. The van der Waals surface area contributed by atoms with Crippen molar-refractivity contribution in [1.82, 2.24) is 10.5 Å². The number of aliphatic hydroxyl groups is 2. The number of oxazole rings is 1. The predicted octanol–water partition coefficient (Wildman–Crippen LogP) is 2.45. The minimum absolute atomic E-state index is 0.184. The van der Waals surface area contributed by atoms with Crippen molar-refractivity contribution in [3.8, 4) is 0 Å². The molecule has 39 heavy (non-hydrogen) atoms. The van der Waals surface area contributed by atoms with E-state index in [4.69, 9.17) is 14.4 Å². The zero-order chi connectivity index (χ0) is 27.4. The van der Waals surface area contributed by atoms with Crippen molar-refractivity contribution in [3.05, 3.63) is 71.4 Å². The minimum Gasteiger partial charge on any atom is -0.448 e. The molecule has 1 saturated heterocycles. The molecule has 11 heteroatoms. The monoisotopic (exact) mass is 535 g/mol. The first kappa shape index (κ1) is 26.7. The summed E-state index contributed by atoms with van der Waals surface area (Å²) in [5.74, 6) is -0.125. The molecule has 1 aliphatic heterocycles. The summed E-state index contributed by atoms with van der Waals surface area (Å²) in [6, 6.07) is 13.3. The van der Waals surface area contributed by atoms with E-state index in [0.717, 1.165) is 44.7 Å². The van der Waals surface area contributed by atoms with Crippen LogP contribution in [0.25, 0.3) is 0 Å². The van der Waals surface area contributed by atoms with E-state index in [-0.39, 0.29) is 23.8 Å². The van der Waals surface area contributed by atoms with Crippen LogP contribution in [0.5, 0.6) is 0 Å². The molecule has 1 saturated carbocycles. The van der Waals surface area contributed by atoms with Crippen LogP contribution in [0.2, 0.25) is 0 Å². The van der Waals surface area contributed by atoms with Gasteiger partial charge in [-0.25, -0.2) is 10.5 Å². The molecule has 206 valence electrons. The number of aryl methyl sites for hydroxylation is 1.